The second-order valence-corrected chi connectivity index (χ2v) is 11.9. The van der Waals surface area contributed by atoms with Crippen LogP contribution in [0.4, 0.5) is 10.5 Å². The van der Waals surface area contributed by atoms with E-state index in [9.17, 15) is 14.4 Å². The van der Waals surface area contributed by atoms with E-state index in [-0.39, 0.29) is 12.5 Å². The predicted octanol–water partition coefficient (Wildman–Crippen LogP) is 4.85. The molecule has 1 aliphatic heterocycles. The number of aromatic amines is 1. The number of H-pyrrole nitrogens is 1. The van der Waals surface area contributed by atoms with Crippen LogP contribution in [0, 0.1) is 0 Å². The maximum atomic E-state index is 14.3. The summed E-state index contributed by atoms with van der Waals surface area (Å²) < 4.78 is 11.2. The molecule has 11 nitrogen and oxygen atoms in total. The van der Waals surface area contributed by atoms with Gasteiger partial charge in [-0.15, -0.1) is 0 Å². The Bertz CT molecular complexity index is 1680. The van der Waals surface area contributed by atoms with E-state index in [1.807, 2.05) is 54.6 Å². The lowest BCUT2D eigenvalue weighted by molar-refractivity contribution is -0.130. The Labute approximate surface area is 256 Å². The van der Waals surface area contributed by atoms with Crippen LogP contribution < -0.4 is 15.0 Å². The monoisotopic (exact) mass is 598 g/mol. The molecule has 0 radical (unpaired) electrons. The molecule has 0 fully saturated rings. The fourth-order valence-corrected chi connectivity index (χ4v) is 5.35. The summed E-state index contributed by atoms with van der Waals surface area (Å²) in [6, 6.07) is 15.9. The molecule has 4 aromatic rings. The molecule has 2 N–H and O–H groups in total. The first kappa shape index (κ1) is 30.5. The van der Waals surface area contributed by atoms with E-state index in [1.165, 1.54) is 18.3 Å². The highest BCUT2D eigenvalue weighted by Crippen LogP contribution is 2.35. The molecule has 1 aromatic heterocycles. The molecular weight excluding hydrogens is 560 g/mol. The molecule has 0 saturated heterocycles. The normalized spacial score (nSPS) is 15.7. The van der Waals surface area contributed by atoms with Gasteiger partial charge in [0.05, 0.1) is 13.7 Å². The van der Waals surface area contributed by atoms with E-state index in [2.05, 4.69) is 20.5 Å². The number of amides is 3. The molecule has 0 saturated carbocycles. The van der Waals surface area contributed by atoms with Crippen LogP contribution in [0.25, 0.3) is 22.2 Å². The predicted molar refractivity (Wildman–Crippen MR) is 167 cm³/mol. The molecule has 44 heavy (non-hydrogen) atoms. The van der Waals surface area contributed by atoms with Crippen molar-refractivity contribution in [3.05, 3.63) is 72.1 Å². The van der Waals surface area contributed by atoms with Gasteiger partial charge in [-0.25, -0.2) is 9.78 Å². The van der Waals surface area contributed by atoms with E-state index in [0.29, 0.717) is 24.4 Å². The third-order valence-corrected chi connectivity index (χ3v) is 7.80. The number of carbonyl (C=O) groups excluding carboxylic acids is 3. The van der Waals surface area contributed by atoms with E-state index in [1.54, 1.807) is 39.7 Å². The molecule has 3 amide bonds. The minimum Gasteiger partial charge on any atom is -0.496 e. The Morgan fingerprint density at radius 2 is 1.93 bits per heavy atom. The average Bonchev–Trinajstić information content (AvgIpc) is 3.51. The molecule has 0 spiro atoms. The Morgan fingerprint density at radius 1 is 1.16 bits per heavy atom. The summed E-state index contributed by atoms with van der Waals surface area (Å²) in [5.74, 6) is 0.550. The first-order chi connectivity index (χ1) is 21.0. The lowest BCUT2D eigenvalue weighted by Gasteiger charge is -2.30. The SMILES string of the molecule is COc1ccc2cc(-c3nc[nH]n3)ccc2c1CN1C(=O)[C@@H](NC(=O)[C@H](C)N(C)C(=O)OC(C)(C)C)CCc2ccccc21. The number of ether oxygens (including phenoxy) is 2. The second-order valence-electron chi connectivity index (χ2n) is 11.9. The quantitative estimate of drug-likeness (QED) is 0.311. The van der Waals surface area contributed by atoms with Crippen molar-refractivity contribution in [1.29, 1.82) is 0 Å². The lowest BCUT2D eigenvalue weighted by atomic mass is 10.00. The van der Waals surface area contributed by atoms with E-state index < -0.39 is 29.7 Å². The van der Waals surface area contributed by atoms with Crippen molar-refractivity contribution in [2.24, 2.45) is 0 Å². The first-order valence-electron chi connectivity index (χ1n) is 14.6. The van der Waals surface area contributed by atoms with Crippen molar-refractivity contribution in [2.75, 3.05) is 19.1 Å². The Morgan fingerprint density at radius 3 is 2.64 bits per heavy atom. The zero-order chi connectivity index (χ0) is 31.6. The fraction of sp³-hybridized carbons (Fsp3) is 0.364. The molecule has 11 heteroatoms. The first-order valence-corrected chi connectivity index (χ1v) is 14.6. The van der Waals surface area contributed by atoms with Gasteiger partial charge in [0.15, 0.2) is 5.82 Å². The van der Waals surface area contributed by atoms with Gasteiger partial charge in [0, 0.05) is 23.9 Å². The zero-order valence-corrected chi connectivity index (χ0v) is 25.9. The third kappa shape index (κ3) is 6.36. The summed E-state index contributed by atoms with van der Waals surface area (Å²) in [6.45, 7) is 7.12. The van der Waals surface area contributed by atoms with E-state index in [4.69, 9.17) is 9.47 Å². The number of hydrogen-bond acceptors (Lipinski definition) is 7. The minimum atomic E-state index is -0.854. The van der Waals surface area contributed by atoms with Gasteiger partial charge in [-0.3, -0.25) is 19.6 Å². The summed E-state index contributed by atoms with van der Waals surface area (Å²) in [5, 5.41) is 11.7. The highest BCUT2D eigenvalue weighted by molar-refractivity contribution is 6.02. The molecule has 0 aliphatic carbocycles. The van der Waals surface area contributed by atoms with E-state index in [0.717, 1.165) is 33.2 Å². The Kier molecular flexibility index (Phi) is 8.57. The summed E-state index contributed by atoms with van der Waals surface area (Å²) in [7, 11) is 3.12. The van der Waals surface area contributed by atoms with Crippen LogP contribution in [0.2, 0.25) is 0 Å². The molecule has 5 rings (SSSR count). The number of anilines is 1. The van der Waals surface area contributed by atoms with Gasteiger partial charge in [-0.1, -0.05) is 36.4 Å². The van der Waals surface area contributed by atoms with Crippen LogP contribution in [-0.2, 0) is 27.3 Å². The number of hydrogen-bond donors (Lipinski definition) is 2. The smallest absolute Gasteiger partial charge is 0.410 e. The van der Waals surface area contributed by atoms with Crippen molar-refractivity contribution in [3.63, 3.8) is 0 Å². The van der Waals surface area contributed by atoms with Crippen molar-refractivity contribution in [3.8, 4) is 17.1 Å². The van der Waals surface area contributed by atoms with Crippen molar-refractivity contribution in [2.45, 2.75) is 64.8 Å². The molecule has 1 aliphatic rings. The molecule has 230 valence electrons. The van der Waals surface area contributed by atoms with E-state index >= 15 is 0 Å². The van der Waals surface area contributed by atoms with Gasteiger partial charge >= 0.3 is 6.09 Å². The van der Waals surface area contributed by atoms with Gasteiger partial charge < -0.3 is 19.7 Å². The van der Waals surface area contributed by atoms with Crippen molar-refractivity contribution < 1.29 is 23.9 Å². The maximum absolute atomic E-state index is 14.3. The number of para-hydroxylation sites is 1. The van der Waals surface area contributed by atoms with Crippen molar-refractivity contribution in [1.82, 2.24) is 25.4 Å². The Balaban J connectivity index is 1.45. The van der Waals surface area contributed by atoms with Gasteiger partial charge in [-0.2, -0.15) is 5.10 Å². The molecule has 0 unspecified atom stereocenters. The minimum absolute atomic E-state index is 0.218. The molecular formula is C33H38N6O5. The van der Waals surface area contributed by atoms with Gasteiger partial charge in [-0.05, 0) is 75.1 Å². The number of aromatic nitrogens is 3. The molecule has 0 bridgehead atoms. The number of nitrogens with one attached hydrogen (secondary N) is 2. The van der Waals surface area contributed by atoms with Gasteiger partial charge in [0.2, 0.25) is 11.8 Å². The van der Waals surface area contributed by atoms with Crippen LogP contribution in [-0.4, -0.2) is 69.8 Å². The second kappa shape index (κ2) is 12.4. The van der Waals surface area contributed by atoms with Crippen molar-refractivity contribution >= 4 is 34.4 Å². The van der Waals surface area contributed by atoms with Crippen LogP contribution in [0.15, 0.2) is 60.9 Å². The number of fused-ring (bicyclic) bond motifs is 2. The van der Waals surface area contributed by atoms with Gasteiger partial charge in [0.25, 0.3) is 0 Å². The number of aryl methyl sites for hydroxylation is 1. The van der Waals surface area contributed by atoms with Crippen LogP contribution >= 0.6 is 0 Å². The molecule has 2 atom stereocenters. The van der Waals surface area contributed by atoms with Crippen LogP contribution in [0.5, 0.6) is 5.75 Å². The molecule has 3 aromatic carbocycles. The largest absolute Gasteiger partial charge is 0.496 e. The highest BCUT2D eigenvalue weighted by atomic mass is 16.6. The number of likely N-dealkylation sites (N-methyl/N-ethyl adjacent to an activating group) is 1. The summed E-state index contributed by atoms with van der Waals surface area (Å²) in [4.78, 5) is 47.4. The average molecular weight is 599 g/mol. The standard InChI is InChI=1S/C33H38N6O5/c1-20(38(5)32(42)44-33(2,3)4)30(40)36-26-15-12-21-9-7-8-10-27(21)39(31(26)41)18-25-24-14-11-23(29-34-19-35-37-29)17-22(24)13-16-28(25)43-6/h7-11,13-14,16-17,19-20,26H,12,15,18H2,1-6H3,(H,36,40)(H,34,35,37)/t20-,26-/m0/s1. The number of nitrogens with zero attached hydrogens (tertiary/aromatic N) is 4. The molecule has 2 heterocycles. The van der Waals surface area contributed by atoms with Crippen LogP contribution in [0.3, 0.4) is 0 Å². The number of carbonyl (C=O) groups is 3. The lowest BCUT2D eigenvalue weighted by Crippen LogP contribution is -2.54. The highest BCUT2D eigenvalue weighted by Gasteiger charge is 2.35. The topological polar surface area (TPSA) is 130 Å². The maximum Gasteiger partial charge on any atom is 0.410 e. The van der Waals surface area contributed by atoms with Crippen LogP contribution in [0.1, 0.15) is 45.2 Å². The van der Waals surface area contributed by atoms with Gasteiger partial charge in [0.1, 0.15) is 29.8 Å². The fourth-order valence-electron chi connectivity index (χ4n) is 5.35. The summed E-state index contributed by atoms with van der Waals surface area (Å²) in [5.41, 5.74) is 2.77. The summed E-state index contributed by atoms with van der Waals surface area (Å²) >= 11 is 0. The number of benzene rings is 3. The number of rotatable bonds is 7. The third-order valence-electron chi connectivity index (χ3n) is 7.80. The zero-order valence-electron chi connectivity index (χ0n) is 25.9. The number of methoxy groups -OCH3 is 1. The summed E-state index contributed by atoms with van der Waals surface area (Å²) in [6.07, 6.45) is 1.92. The Hall–Kier alpha value is -4.93.